The van der Waals surface area contributed by atoms with Crippen molar-refractivity contribution in [3.63, 3.8) is 0 Å². The number of ketones is 2. The number of hydrogen-bond donors (Lipinski definition) is 2. The van der Waals surface area contributed by atoms with E-state index in [0.29, 0.717) is 11.1 Å². The van der Waals surface area contributed by atoms with E-state index in [1.807, 2.05) is 0 Å². The highest BCUT2D eigenvalue weighted by atomic mass is 31.2. The van der Waals surface area contributed by atoms with Crippen LogP contribution in [0.5, 0.6) is 0 Å². The van der Waals surface area contributed by atoms with Crippen LogP contribution in [0.3, 0.4) is 0 Å². The fourth-order valence-corrected chi connectivity index (χ4v) is 3.32. The lowest BCUT2D eigenvalue weighted by molar-refractivity contribution is 0.0822. The molecule has 0 heterocycles. The van der Waals surface area contributed by atoms with Gasteiger partial charge in [-0.05, 0) is 31.9 Å². The quantitative estimate of drug-likeness (QED) is 0.492. The summed E-state index contributed by atoms with van der Waals surface area (Å²) in [5, 5.41) is -2.47. The average molecular weight is 346 g/mol. The van der Waals surface area contributed by atoms with Crippen molar-refractivity contribution in [2.75, 3.05) is 0 Å². The Morgan fingerprint density at radius 1 is 0.833 bits per heavy atom. The van der Waals surface area contributed by atoms with E-state index in [4.69, 9.17) is 0 Å². The van der Waals surface area contributed by atoms with Crippen LogP contribution in [0.1, 0.15) is 38.8 Å². The van der Waals surface area contributed by atoms with Crippen LogP contribution >= 0.6 is 7.60 Å². The molecule has 0 aliphatic rings. The van der Waals surface area contributed by atoms with Crippen molar-refractivity contribution in [3.8, 4) is 0 Å². The van der Waals surface area contributed by atoms with Crippen LogP contribution in [0, 0.1) is 13.8 Å². The number of carbonyl (C=O) groups excluding carboxylic acids is 2. The zero-order chi connectivity index (χ0) is 18.1. The second kappa shape index (κ2) is 6.44. The summed E-state index contributed by atoms with van der Waals surface area (Å²) in [4.78, 5) is 45.6. The Hall–Kier alpha value is -2.07. The van der Waals surface area contributed by atoms with Gasteiger partial charge in [0.25, 0.3) is 0 Å². The number of rotatable bonds is 5. The molecular formula is C18H19O5P. The van der Waals surface area contributed by atoms with Crippen molar-refractivity contribution >= 4 is 19.2 Å². The molecule has 2 aromatic rings. The van der Waals surface area contributed by atoms with Gasteiger partial charge in [0.1, 0.15) is 0 Å². The monoisotopic (exact) mass is 346 g/mol. The summed E-state index contributed by atoms with van der Waals surface area (Å²) in [6, 6.07) is 12.9. The van der Waals surface area contributed by atoms with Crippen LogP contribution < -0.4 is 0 Å². The Bertz CT molecular complexity index is 792. The Morgan fingerprint density at radius 3 is 1.46 bits per heavy atom. The molecule has 2 N–H and O–H groups in total. The SMILES string of the molecule is Cc1ccccc1C(=O)C(C)(C(=O)c1ccccc1C)P(=O)(O)O. The molecule has 5 nitrogen and oxygen atoms in total. The van der Waals surface area contributed by atoms with Gasteiger partial charge in [-0.2, -0.15) is 0 Å². The molecule has 2 rings (SSSR count). The van der Waals surface area contributed by atoms with Gasteiger partial charge in [-0.25, -0.2) is 0 Å². The molecule has 0 aliphatic carbocycles. The fourth-order valence-electron chi connectivity index (χ4n) is 2.55. The molecule has 0 unspecified atom stereocenters. The highest BCUT2D eigenvalue weighted by molar-refractivity contribution is 7.56. The molecule has 126 valence electrons. The first-order valence-electron chi connectivity index (χ1n) is 7.37. The van der Waals surface area contributed by atoms with E-state index in [-0.39, 0.29) is 11.1 Å². The zero-order valence-electron chi connectivity index (χ0n) is 13.7. The fraction of sp³-hybridized carbons (Fsp3) is 0.222. The zero-order valence-corrected chi connectivity index (χ0v) is 14.6. The van der Waals surface area contributed by atoms with E-state index in [1.54, 1.807) is 50.2 Å². The molecule has 0 saturated carbocycles. The molecule has 0 amide bonds. The smallest absolute Gasteiger partial charge is 0.323 e. The van der Waals surface area contributed by atoms with Crippen molar-refractivity contribution in [3.05, 3.63) is 70.8 Å². The number of benzene rings is 2. The van der Waals surface area contributed by atoms with Crippen LogP contribution in [-0.4, -0.2) is 26.5 Å². The Balaban J connectivity index is 2.67. The van der Waals surface area contributed by atoms with Crippen LogP contribution in [-0.2, 0) is 4.57 Å². The van der Waals surface area contributed by atoms with Gasteiger partial charge >= 0.3 is 7.60 Å². The van der Waals surface area contributed by atoms with Crippen LogP contribution in [0.4, 0.5) is 0 Å². The lowest BCUT2D eigenvalue weighted by Crippen LogP contribution is -2.44. The Morgan fingerprint density at radius 2 is 1.17 bits per heavy atom. The Kier molecular flexibility index (Phi) is 4.90. The van der Waals surface area contributed by atoms with E-state index in [0.717, 1.165) is 6.92 Å². The first-order chi connectivity index (χ1) is 11.1. The molecule has 0 spiro atoms. The van der Waals surface area contributed by atoms with Crippen molar-refractivity contribution in [2.24, 2.45) is 0 Å². The first-order valence-corrected chi connectivity index (χ1v) is 8.98. The summed E-state index contributed by atoms with van der Waals surface area (Å²) in [5.41, 5.74) is 1.37. The molecule has 0 fully saturated rings. The third kappa shape index (κ3) is 2.98. The maximum Gasteiger partial charge on any atom is 0.347 e. The third-order valence-electron chi connectivity index (χ3n) is 4.25. The predicted molar refractivity (Wildman–Crippen MR) is 91.5 cm³/mol. The number of carbonyl (C=O) groups is 2. The van der Waals surface area contributed by atoms with E-state index in [9.17, 15) is 23.9 Å². The van der Waals surface area contributed by atoms with Crippen molar-refractivity contribution in [1.29, 1.82) is 0 Å². The largest absolute Gasteiger partial charge is 0.347 e. The topological polar surface area (TPSA) is 91.7 Å². The molecule has 6 heteroatoms. The molecule has 0 bridgehead atoms. The summed E-state index contributed by atoms with van der Waals surface area (Å²) in [5.74, 6) is -1.75. The summed E-state index contributed by atoms with van der Waals surface area (Å²) in [6.07, 6.45) is 0. The molecule has 0 saturated heterocycles. The molecule has 0 aliphatic heterocycles. The maximum atomic E-state index is 12.9. The Labute approximate surface area is 140 Å². The van der Waals surface area contributed by atoms with Gasteiger partial charge in [0.05, 0.1) is 0 Å². The minimum Gasteiger partial charge on any atom is -0.323 e. The minimum atomic E-state index is -5.07. The van der Waals surface area contributed by atoms with Gasteiger partial charge in [-0.15, -0.1) is 0 Å². The summed E-state index contributed by atoms with van der Waals surface area (Å²) in [6.45, 7) is 4.34. The maximum absolute atomic E-state index is 12.9. The molecule has 0 radical (unpaired) electrons. The molecule has 0 aromatic heterocycles. The van der Waals surface area contributed by atoms with Gasteiger partial charge in [-0.1, -0.05) is 48.5 Å². The normalized spacial score (nSPS) is 12.0. The van der Waals surface area contributed by atoms with E-state index in [2.05, 4.69) is 0 Å². The second-order valence-corrected chi connectivity index (χ2v) is 7.89. The van der Waals surface area contributed by atoms with E-state index < -0.39 is 24.3 Å². The van der Waals surface area contributed by atoms with Gasteiger partial charge < -0.3 is 9.79 Å². The van der Waals surface area contributed by atoms with E-state index in [1.165, 1.54) is 12.1 Å². The molecular weight excluding hydrogens is 327 g/mol. The van der Waals surface area contributed by atoms with Gasteiger partial charge in [-0.3, -0.25) is 14.2 Å². The highest BCUT2D eigenvalue weighted by Crippen LogP contribution is 2.53. The average Bonchev–Trinajstić information content (AvgIpc) is 2.52. The lowest BCUT2D eigenvalue weighted by atomic mass is 9.87. The van der Waals surface area contributed by atoms with Crippen LogP contribution in [0.2, 0.25) is 0 Å². The molecule has 0 atom stereocenters. The highest BCUT2D eigenvalue weighted by Gasteiger charge is 2.56. The summed E-state index contributed by atoms with van der Waals surface area (Å²) in [7, 11) is -5.07. The van der Waals surface area contributed by atoms with Crippen molar-refractivity contribution in [1.82, 2.24) is 0 Å². The number of Topliss-reactive ketones (excluding diaryl/α,β-unsaturated/α-hetero) is 2. The first kappa shape index (κ1) is 18.3. The van der Waals surface area contributed by atoms with Gasteiger partial charge in [0.15, 0.2) is 16.7 Å². The minimum absolute atomic E-state index is 0.130. The lowest BCUT2D eigenvalue weighted by Gasteiger charge is -2.28. The molecule has 24 heavy (non-hydrogen) atoms. The van der Waals surface area contributed by atoms with Gasteiger partial charge in [0, 0.05) is 11.1 Å². The summed E-state index contributed by atoms with van der Waals surface area (Å²) >= 11 is 0. The number of hydrogen-bond acceptors (Lipinski definition) is 3. The number of aryl methyl sites for hydroxylation is 2. The van der Waals surface area contributed by atoms with Crippen molar-refractivity contribution in [2.45, 2.75) is 25.9 Å². The standard InChI is InChI=1S/C18H19O5P/c1-12-8-4-6-10-14(12)16(19)18(3,24(21,22)23)17(20)15-11-7-5-9-13(15)2/h4-11H,1-3H3,(H2,21,22,23). The van der Waals surface area contributed by atoms with Crippen LogP contribution in [0.15, 0.2) is 48.5 Å². The molecule has 2 aromatic carbocycles. The van der Waals surface area contributed by atoms with E-state index >= 15 is 0 Å². The van der Waals surface area contributed by atoms with Crippen molar-refractivity contribution < 1.29 is 23.9 Å². The van der Waals surface area contributed by atoms with Gasteiger partial charge in [0.2, 0.25) is 0 Å². The third-order valence-corrected chi connectivity index (χ3v) is 5.82. The van der Waals surface area contributed by atoms with Crippen LogP contribution in [0.25, 0.3) is 0 Å². The second-order valence-electron chi connectivity index (χ2n) is 5.90. The summed E-state index contributed by atoms with van der Waals surface area (Å²) < 4.78 is 12.2. The predicted octanol–water partition coefficient (Wildman–Crippen LogP) is 3.31.